The van der Waals surface area contributed by atoms with E-state index in [9.17, 15) is 25.6 Å². The van der Waals surface area contributed by atoms with Crippen molar-refractivity contribution in [3.8, 4) is 22.8 Å². The molecule has 0 amide bonds. The van der Waals surface area contributed by atoms with Crippen LogP contribution < -0.4 is 9.44 Å². The molecule has 6 rings (SSSR count). The summed E-state index contributed by atoms with van der Waals surface area (Å²) in [7, 11) is -7.58. The fourth-order valence-electron chi connectivity index (χ4n) is 4.42. The predicted octanol–water partition coefficient (Wildman–Crippen LogP) is 4.16. The SMILES string of the molecule is CCc1[nH]n2nc(-c3cccc(NS(=O)(=O)c4cccc(S(=O)[O-])c4)c3)nc2c1N=Nc1nc(-c2cccc(NS(C)(=O)=O)c2)no1. The largest absolute Gasteiger partial charge is 0.768 e. The molecule has 0 aliphatic carbocycles. The topological polar surface area (TPSA) is 242 Å². The summed E-state index contributed by atoms with van der Waals surface area (Å²) in [5, 5.41) is 19.8. The third-order valence-corrected chi connectivity index (χ3v) is 9.08. The number of sulfonamides is 2. The molecule has 17 nitrogen and oxygen atoms in total. The van der Waals surface area contributed by atoms with E-state index in [2.05, 4.69) is 45.0 Å². The number of aromatic nitrogens is 6. The minimum atomic E-state index is -4.11. The first kappa shape index (κ1) is 31.7. The maximum atomic E-state index is 13.0. The second kappa shape index (κ2) is 12.5. The number of H-pyrrole nitrogens is 1. The van der Waals surface area contributed by atoms with E-state index in [0.717, 1.165) is 12.3 Å². The maximum Gasteiger partial charge on any atom is 0.366 e. The Morgan fingerprint density at radius 3 is 2.28 bits per heavy atom. The second-order valence-corrected chi connectivity index (χ2v) is 14.3. The van der Waals surface area contributed by atoms with Gasteiger partial charge in [-0.3, -0.25) is 18.8 Å². The highest BCUT2D eigenvalue weighted by Gasteiger charge is 2.19. The summed E-state index contributed by atoms with van der Waals surface area (Å²) in [5.41, 5.74) is 2.85. The molecule has 3 aromatic carbocycles. The number of benzene rings is 3. The van der Waals surface area contributed by atoms with Gasteiger partial charge in [-0.15, -0.1) is 10.2 Å². The molecule has 0 aliphatic rings. The van der Waals surface area contributed by atoms with Crippen LogP contribution in [0.1, 0.15) is 12.6 Å². The normalized spacial score (nSPS) is 12.9. The molecule has 0 saturated heterocycles. The van der Waals surface area contributed by atoms with E-state index in [1.165, 1.54) is 35.0 Å². The van der Waals surface area contributed by atoms with Gasteiger partial charge in [-0.2, -0.15) is 9.61 Å². The first-order valence-electron chi connectivity index (χ1n) is 13.5. The van der Waals surface area contributed by atoms with Crippen molar-refractivity contribution in [2.75, 3.05) is 15.7 Å². The molecular weight excluding hydrogens is 673 g/mol. The van der Waals surface area contributed by atoms with Gasteiger partial charge in [0.2, 0.25) is 21.5 Å². The van der Waals surface area contributed by atoms with E-state index < -0.39 is 31.1 Å². The zero-order valence-corrected chi connectivity index (χ0v) is 26.8. The van der Waals surface area contributed by atoms with Crippen molar-refractivity contribution in [3.63, 3.8) is 0 Å². The summed E-state index contributed by atoms with van der Waals surface area (Å²) < 4.78 is 83.1. The van der Waals surface area contributed by atoms with Crippen molar-refractivity contribution < 1.29 is 30.1 Å². The molecule has 0 bridgehead atoms. The van der Waals surface area contributed by atoms with Crippen LogP contribution in [-0.2, 0) is 37.5 Å². The number of hydrogen-bond acceptors (Lipinski definition) is 13. The molecule has 20 heteroatoms. The van der Waals surface area contributed by atoms with Crippen LogP contribution in [0.3, 0.4) is 0 Å². The molecule has 3 aromatic heterocycles. The zero-order chi connectivity index (χ0) is 33.3. The fraction of sp³-hybridized carbons (Fsp3) is 0.111. The monoisotopic (exact) mass is 695 g/mol. The van der Waals surface area contributed by atoms with Gasteiger partial charge < -0.3 is 9.08 Å². The number of nitrogens with one attached hydrogen (secondary N) is 3. The van der Waals surface area contributed by atoms with Gasteiger partial charge in [0, 0.05) is 27.4 Å². The standard InChI is InChI=1S/C27H24N10O7S3/c1-3-22-23(30-31-27-29-25(34-44-27)17-8-5-9-18(14-17)35-46(2,40)41)26-28-24(33-37(26)32-22)16-7-4-10-19(13-16)36-47(42,43)21-12-6-11-20(15-21)45(38)39/h4-15,32,35-36H,3H2,1-2H3,(H,38,39)/p-1. The van der Waals surface area contributed by atoms with Crippen LogP contribution in [0.5, 0.6) is 0 Å². The Labute approximate surface area is 269 Å². The van der Waals surface area contributed by atoms with E-state index in [-0.39, 0.29) is 33.1 Å². The van der Waals surface area contributed by atoms with E-state index in [4.69, 9.17) is 4.52 Å². The molecule has 0 aliphatic heterocycles. The van der Waals surface area contributed by atoms with Gasteiger partial charge >= 0.3 is 6.01 Å². The average Bonchev–Trinajstić information content (AvgIpc) is 3.75. The quantitative estimate of drug-likeness (QED) is 0.128. The van der Waals surface area contributed by atoms with Crippen molar-refractivity contribution in [2.45, 2.75) is 23.1 Å². The Morgan fingerprint density at radius 2 is 1.60 bits per heavy atom. The highest BCUT2D eigenvalue weighted by molar-refractivity contribution is 7.92. The van der Waals surface area contributed by atoms with Gasteiger partial charge in [0.05, 0.1) is 16.8 Å². The molecule has 3 N–H and O–H groups in total. The summed E-state index contributed by atoms with van der Waals surface area (Å²) in [6.07, 6.45) is 1.57. The van der Waals surface area contributed by atoms with Gasteiger partial charge in [-0.1, -0.05) is 47.5 Å². The summed E-state index contributed by atoms with van der Waals surface area (Å²) in [4.78, 5) is 8.43. The molecule has 0 radical (unpaired) electrons. The van der Waals surface area contributed by atoms with Gasteiger partial charge in [0.1, 0.15) is 0 Å². The summed E-state index contributed by atoms with van der Waals surface area (Å²) >= 11 is -2.59. The predicted molar refractivity (Wildman–Crippen MR) is 169 cm³/mol. The number of hydrogen-bond donors (Lipinski definition) is 3. The molecule has 242 valence electrons. The molecule has 47 heavy (non-hydrogen) atoms. The number of azo groups is 1. The van der Waals surface area contributed by atoms with Crippen molar-refractivity contribution in [3.05, 3.63) is 78.5 Å². The van der Waals surface area contributed by atoms with Crippen LogP contribution in [0.25, 0.3) is 28.4 Å². The Morgan fingerprint density at radius 1 is 0.915 bits per heavy atom. The molecule has 1 atom stereocenters. The average molecular weight is 696 g/mol. The first-order valence-corrected chi connectivity index (χ1v) is 18.0. The lowest BCUT2D eigenvalue weighted by Crippen LogP contribution is -2.13. The molecule has 3 heterocycles. The minimum Gasteiger partial charge on any atom is -0.768 e. The summed E-state index contributed by atoms with van der Waals surface area (Å²) in [6.45, 7) is 1.90. The maximum absolute atomic E-state index is 13.0. The smallest absolute Gasteiger partial charge is 0.366 e. The van der Waals surface area contributed by atoms with Gasteiger partial charge in [0.25, 0.3) is 10.0 Å². The van der Waals surface area contributed by atoms with Gasteiger partial charge in [-0.25, -0.2) is 21.8 Å². The highest BCUT2D eigenvalue weighted by atomic mass is 32.2. The lowest BCUT2D eigenvalue weighted by atomic mass is 10.2. The number of aryl methyl sites for hydroxylation is 1. The first-order chi connectivity index (χ1) is 22.4. The number of fused-ring (bicyclic) bond motifs is 1. The van der Waals surface area contributed by atoms with Crippen LogP contribution in [0.2, 0.25) is 0 Å². The van der Waals surface area contributed by atoms with Crippen molar-refractivity contribution in [1.29, 1.82) is 0 Å². The molecule has 0 spiro atoms. The Bertz CT molecular complexity index is 2400. The molecule has 0 fully saturated rings. The zero-order valence-electron chi connectivity index (χ0n) is 24.3. The van der Waals surface area contributed by atoms with Gasteiger partial charge in [0.15, 0.2) is 11.5 Å². The van der Waals surface area contributed by atoms with E-state index >= 15 is 0 Å². The van der Waals surface area contributed by atoms with Crippen molar-refractivity contribution in [2.24, 2.45) is 10.2 Å². The Kier molecular flexibility index (Phi) is 8.40. The van der Waals surface area contributed by atoms with Crippen LogP contribution >= 0.6 is 0 Å². The highest BCUT2D eigenvalue weighted by Crippen LogP contribution is 2.30. The van der Waals surface area contributed by atoms with Crippen LogP contribution in [0, 0.1) is 0 Å². The van der Waals surface area contributed by atoms with Gasteiger partial charge in [-0.05, 0) is 60.0 Å². The number of aromatic amines is 1. The number of anilines is 2. The molecule has 1 unspecified atom stereocenters. The summed E-state index contributed by atoms with van der Waals surface area (Å²) in [5.74, 6) is 0.419. The summed E-state index contributed by atoms with van der Waals surface area (Å²) in [6, 6.07) is 17.6. The van der Waals surface area contributed by atoms with E-state index in [1.54, 1.807) is 36.4 Å². The second-order valence-electron chi connectivity index (χ2n) is 9.91. The fourth-order valence-corrected chi connectivity index (χ4v) is 6.55. The van der Waals surface area contributed by atoms with Crippen LogP contribution in [-0.4, -0.2) is 61.8 Å². The molecule has 0 saturated carbocycles. The number of nitrogens with zero attached hydrogens (tertiary/aromatic N) is 7. The third kappa shape index (κ3) is 7.09. The minimum absolute atomic E-state index is 0.158. The molecular formula is C27H23N10O7S3-. The van der Waals surface area contributed by atoms with Crippen molar-refractivity contribution in [1.82, 2.24) is 30.0 Å². The van der Waals surface area contributed by atoms with Crippen molar-refractivity contribution >= 4 is 59.9 Å². The Balaban J connectivity index is 1.25. The third-order valence-electron chi connectivity index (χ3n) is 6.46. The molecule has 6 aromatic rings. The van der Waals surface area contributed by atoms with Crippen LogP contribution in [0.4, 0.5) is 23.1 Å². The van der Waals surface area contributed by atoms with E-state index in [0.29, 0.717) is 40.3 Å². The van der Waals surface area contributed by atoms with Crippen LogP contribution in [0.15, 0.2) is 97.3 Å². The lowest BCUT2D eigenvalue weighted by molar-refractivity contribution is 0.427. The Hall–Kier alpha value is -5.31. The number of rotatable bonds is 11. The lowest BCUT2D eigenvalue weighted by Gasteiger charge is -2.11. The van der Waals surface area contributed by atoms with E-state index in [1.807, 2.05) is 6.92 Å².